The number of benzene rings is 1. The van der Waals surface area contributed by atoms with Crippen LogP contribution in [0.3, 0.4) is 0 Å². The van der Waals surface area contributed by atoms with Crippen LogP contribution in [0.5, 0.6) is 5.75 Å². The highest BCUT2D eigenvalue weighted by atomic mass is 19.1. The second kappa shape index (κ2) is 13.8. The first-order valence-corrected chi connectivity index (χ1v) is 13.8. The summed E-state index contributed by atoms with van der Waals surface area (Å²) >= 11 is 0. The molecule has 41 heavy (non-hydrogen) atoms. The van der Waals surface area contributed by atoms with Gasteiger partial charge < -0.3 is 34.1 Å². The Morgan fingerprint density at radius 1 is 1.29 bits per heavy atom. The Balaban J connectivity index is 1.70. The minimum atomic E-state index is -0.722. The summed E-state index contributed by atoms with van der Waals surface area (Å²) in [7, 11) is 1.73. The molecule has 2 N–H and O–H groups in total. The number of hydrogen-bond acceptors (Lipinski definition) is 10. The molecule has 4 rings (SSSR count). The van der Waals surface area contributed by atoms with Gasteiger partial charge in [0, 0.05) is 18.8 Å². The molecular weight excluding hydrogens is 533 g/mol. The molecule has 1 aliphatic rings. The number of morpholine rings is 1. The van der Waals surface area contributed by atoms with Crippen molar-refractivity contribution in [2.24, 2.45) is 0 Å². The van der Waals surface area contributed by atoms with Gasteiger partial charge >= 0.3 is 6.09 Å². The lowest BCUT2D eigenvalue weighted by Gasteiger charge is -2.34. The van der Waals surface area contributed by atoms with Crippen molar-refractivity contribution in [1.82, 2.24) is 25.3 Å². The van der Waals surface area contributed by atoms with Crippen LogP contribution in [0, 0.1) is 26.6 Å². The number of hydrogen-bond donors (Lipinski definition) is 2. The van der Waals surface area contributed by atoms with Crippen LogP contribution in [0.4, 0.5) is 9.18 Å². The Morgan fingerprint density at radius 2 is 2.10 bits per heavy atom. The summed E-state index contributed by atoms with van der Waals surface area (Å²) in [5.41, 5.74) is 3.66. The summed E-state index contributed by atoms with van der Waals surface area (Å²) in [4.78, 5) is 23.8. The predicted molar refractivity (Wildman–Crippen MR) is 149 cm³/mol. The maximum atomic E-state index is 15.2. The summed E-state index contributed by atoms with van der Waals surface area (Å²) in [6, 6.07) is 4.14. The summed E-state index contributed by atoms with van der Waals surface area (Å²) in [5, 5.41) is 17.0. The molecule has 0 unspecified atom stereocenters. The number of carbonyl (C=O) groups is 1. The van der Waals surface area contributed by atoms with Crippen LogP contribution in [-0.2, 0) is 15.9 Å². The largest absolute Gasteiger partial charge is 0.491 e. The van der Waals surface area contributed by atoms with Crippen LogP contribution in [0.2, 0.25) is 0 Å². The van der Waals surface area contributed by atoms with E-state index in [2.05, 4.69) is 10.5 Å². The van der Waals surface area contributed by atoms with Crippen LogP contribution in [0.25, 0.3) is 22.6 Å². The fourth-order valence-electron chi connectivity index (χ4n) is 4.89. The van der Waals surface area contributed by atoms with E-state index in [1.807, 2.05) is 13.8 Å². The van der Waals surface area contributed by atoms with Gasteiger partial charge in [0.25, 0.3) is 0 Å². The first-order valence-electron chi connectivity index (χ1n) is 13.8. The fourth-order valence-corrected chi connectivity index (χ4v) is 4.89. The molecule has 1 fully saturated rings. The number of likely N-dealkylation sites (N-methyl/N-ethyl adjacent to an activating group) is 1. The third-order valence-electron chi connectivity index (χ3n) is 7.02. The third-order valence-corrected chi connectivity index (χ3v) is 7.02. The Kier molecular flexibility index (Phi) is 10.2. The number of halogens is 1. The minimum absolute atomic E-state index is 0.0384. The van der Waals surface area contributed by atoms with Crippen LogP contribution < -0.4 is 10.1 Å². The highest BCUT2D eigenvalue weighted by Gasteiger charge is 2.29. The first kappa shape index (κ1) is 30.4. The van der Waals surface area contributed by atoms with E-state index in [9.17, 15) is 9.90 Å². The maximum absolute atomic E-state index is 15.2. The molecule has 1 saturated heterocycles. The van der Waals surface area contributed by atoms with Crippen LogP contribution in [0.1, 0.15) is 36.1 Å². The van der Waals surface area contributed by atoms with Crippen molar-refractivity contribution < 1.29 is 33.0 Å². The van der Waals surface area contributed by atoms with Gasteiger partial charge in [0.2, 0.25) is 0 Å². The quantitative estimate of drug-likeness (QED) is 0.352. The summed E-state index contributed by atoms with van der Waals surface area (Å²) in [5.74, 6) is 0.639. The van der Waals surface area contributed by atoms with Gasteiger partial charge in [-0.05, 0) is 71.3 Å². The second-order valence-corrected chi connectivity index (χ2v) is 9.99. The van der Waals surface area contributed by atoms with Gasteiger partial charge in [-0.25, -0.2) is 19.2 Å². The van der Waals surface area contributed by atoms with Gasteiger partial charge in [0.1, 0.15) is 30.0 Å². The van der Waals surface area contributed by atoms with Crippen LogP contribution in [0.15, 0.2) is 22.7 Å². The van der Waals surface area contributed by atoms with E-state index in [-0.39, 0.29) is 30.1 Å². The van der Waals surface area contributed by atoms with E-state index in [4.69, 9.17) is 28.7 Å². The molecular formula is C29H38FN5O6. The zero-order chi connectivity index (χ0) is 29.5. The number of aliphatic hydroxyl groups is 1. The van der Waals surface area contributed by atoms with E-state index >= 15 is 4.39 Å². The molecule has 11 nitrogen and oxygen atoms in total. The molecule has 2 aromatic heterocycles. The first-order chi connectivity index (χ1) is 19.7. The number of aryl methyl sites for hydroxylation is 3. The highest BCUT2D eigenvalue weighted by Crippen LogP contribution is 2.33. The maximum Gasteiger partial charge on any atom is 0.410 e. The molecule has 3 heterocycles. The molecule has 0 spiro atoms. The van der Waals surface area contributed by atoms with Gasteiger partial charge in [-0.1, -0.05) is 5.16 Å². The zero-order valence-electron chi connectivity index (χ0n) is 24.2. The van der Waals surface area contributed by atoms with Crippen LogP contribution in [-0.4, -0.2) is 89.9 Å². The van der Waals surface area contributed by atoms with E-state index in [0.29, 0.717) is 74.3 Å². The number of aromatic nitrogens is 3. The average molecular weight is 572 g/mol. The Labute approximate surface area is 239 Å². The van der Waals surface area contributed by atoms with Crippen molar-refractivity contribution in [2.75, 3.05) is 46.6 Å². The van der Waals surface area contributed by atoms with Crippen molar-refractivity contribution in [2.45, 2.75) is 52.7 Å². The average Bonchev–Trinajstić information content (AvgIpc) is 3.29. The topological polar surface area (TPSA) is 132 Å². The lowest BCUT2D eigenvalue weighted by atomic mass is 9.99. The van der Waals surface area contributed by atoms with Crippen LogP contribution >= 0.6 is 0 Å². The summed E-state index contributed by atoms with van der Waals surface area (Å²) in [6.45, 7) is 9.30. The molecule has 222 valence electrons. The number of nitrogens with one attached hydrogen (secondary N) is 1. The molecule has 0 radical (unpaired) electrons. The highest BCUT2D eigenvalue weighted by molar-refractivity contribution is 5.71. The lowest BCUT2D eigenvalue weighted by Crippen LogP contribution is -2.49. The van der Waals surface area contributed by atoms with Crippen molar-refractivity contribution >= 4 is 6.09 Å². The van der Waals surface area contributed by atoms with Gasteiger partial charge in [0.05, 0.1) is 48.4 Å². The van der Waals surface area contributed by atoms with Crippen molar-refractivity contribution in [3.63, 3.8) is 0 Å². The molecule has 0 aliphatic carbocycles. The van der Waals surface area contributed by atoms with Gasteiger partial charge in [-0.15, -0.1) is 0 Å². The Hall–Kier alpha value is -3.61. The normalized spacial score (nSPS) is 16.1. The van der Waals surface area contributed by atoms with E-state index in [0.717, 1.165) is 11.1 Å². The number of carbonyl (C=O) groups excluding carboxylic acids is 1. The molecule has 1 aliphatic heterocycles. The minimum Gasteiger partial charge on any atom is -0.491 e. The van der Waals surface area contributed by atoms with Gasteiger partial charge in [-0.3, -0.25) is 0 Å². The van der Waals surface area contributed by atoms with E-state index in [1.165, 1.54) is 18.2 Å². The monoisotopic (exact) mass is 571 g/mol. The van der Waals surface area contributed by atoms with Crippen molar-refractivity contribution in [3.8, 4) is 28.4 Å². The predicted octanol–water partition coefficient (Wildman–Crippen LogP) is 3.61. The smallest absolute Gasteiger partial charge is 0.410 e. The zero-order valence-corrected chi connectivity index (χ0v) is 24.2. The number of ether oxygens (including phenoxy) is 3. The molecule has 3 aromatic rings. The molecule has 1 aromatic carbocycles. The lowest BCUT2D eigenvalue weighted by molar-refractivity contribution is -0.0103. The summed E-state index contributed by atoms with van der Waals surface area (Å²) < 4.78 is 37.3. The number of aliphatic hydroxyl groups excluding tert-OH is 1. The van der Waals surface area contributed by atoms with Gasteiger partial charge in [0.15, 0.2) is 5.82 Å². The Bertz CT molecular complexity index is 1330. The Morgan fingerprint density at radius 3 is 2.80 bits per heavy atom. The molecule has 0 bridgehead atoms. The van der Waals surface area contributed by atoms with E-state index in [1.54, 1.807) is 25.8 Å². The van der Waals surface area contributed by atoms with E-state index < -0.39 is 11.9 Å². The van der Waals surface area contributed by atoms with Crippen molar-refractivity contribution in [1.29, 1.82) is 0 Å². The second-order valence-electron chi connectivity index (χ2n) is 9.99. The molecule has 2 atom stereocenters. The van der Waals surface area contributed by atoms with Gasteiger partial charge in [-0.2, -0.15) is 0 Å². The summed E-state index contributed by atoms with van der Waals surface area (Å²) in [6.07, 6.45) is -0.0437. The molecule has 12 heteroatoms. The number of nitrogens with zero attached hydrogens (tertiary/aromatic N) is 4. The SMILES string of the molecule is CCOC(=O)N1CCOC[C@H]1CCc1nc(-c2cc(OC[C@H](O)CNC)ccc2F)nc(-c2c(C)noc2C)c1C. The fraction of sp³-hybridized carbons (Fsp3) is 0.517. The third kappa shape index (κ3) is 7.19. The number of rotatable bonds is 11. The molecule has 1 amide bonds. The standard InChI is InChI=1S/C29H38FN5O6/c1-6-39-29(37)35-11-12-38-15-20(35)7-10-25-17(2)27(26-18(3)34-41-19(26)4)33-28(32-25)23-13-22(8-9-24(23)30)40-16-21(36)14-31-5/h8-9,13,20-21,31,36H,6-7,10-12,14-16H2,1-5H3/t20-,21-/m1/s1. The van der Waals surface area contributed by atoms with Crippen molar-refractivity contribution in [3.05, 3.63) is 46.7 Å². The molecule has 0 saturated carbocycles. The number of amides is 1.